The number of amides is 1. The zero-order valence-electron chi connectivity index (χ0n) is 11.6. The average Bonchev–Trinajstić information content (AvgIpc) is 2.23. The minimum absolute atomic E-state index is 0.0296. The van der Waals surface area contributed by atoms with E-state index in [1.54, 1.807) is 27.9 Å². The van der Waals surface area contributed by atoms with Gasteiger partial charge >= 0.3 is 0 Å². The molecule has 108 valence electrons. The number of hydrogen-bond acceptors (Lipinski definition) is 5. The Morgan fingerprint density at radius 2 is 1.83 bits per heavy atom. The molecule has 18 heavy (non-hydrogen) atoms. The maximum atomic E-state index is 11.8. The number of rotatable bonds is 8. The maximum absolute atomic E-state index is 11.8. The molecular weight excluding hydrogens is 256 g/mol. The number of carbonyl (C=O) groups is 1. The van der Waals surface area contributed by atoms with Crippen molar-refractivity contribution in [2.24, 2.45) is 0 Å². The Morgan fingerprint density at radius 3 is 2.33 bits per heavy atom. The van der Waals surface area contributed by atoms with Crippen molar-refractivity contribution in [1.29, 1.82) is 0 Å². The fraction of sp³-hybridized carbons (Fsp3) is 0.909. The van der Waals surface area contributed by atoms with Crippen LogP contribution in [0.1, 0.15) is 20.8 Å². The van der Waals surface area contributed by atoms with Gasteiger partial charge in [-0.25, -0.2) is 8.42 Å². The summed E-state index contributed by atoms with van der Waals surface area (Å²) in [5, 5.41) is 5.44. The van der Waals surface area contributed by atoms with E-state index in [4.69, 9.17) is 4.74 Å². The largest absolute Gasteiger partial charge is 0.383 e. The first-order chi connectivity index (χ1) is 8.20. The molecule has 0 saturated heterocycles. The van der Waals surface area contributed by atoms with Crippen LogP contribution in [0.15, 0.2) is 0 Å². The smallest absolute Gasteiger partial charge is 0.234 e. The highest BCUT2D eigenvalue weighted by atomic mass is 32.2. The molecule has 0 heterocycles. The van der Waals surface area contributed by atoms with Crippen molar-refractivity contribution in [2.45, 2.75) is 25.5 Å². The van der Waals surface area contributed by atoms with Gasteiger partial charge in [0.05, 0.1) is 23.7 Å². The van der Waals surface area contributed by atoms with E-state index in [0.29, 0.717) is 13.2 Å². The Morgan fingerprint density at radius 1 is 1.22 bits per heavy atom. The number of ether oxygens (including phenoxy) is 1. The van der Waals surface area contributed by atoms with Gasteiger partial charge in [0.1, 0.15) is 0 Å². The average molecular weight is 280 g/mol. The van der Waals surface area contributed by atoms with Crippen LogP contribution >= 0.6 is 0 Å². The Kier molecular flexibility index (Phi) is 7.42. The van der Waals surface area contributed by atoms with Gasteiger partial charge in [0.2, 0.25) is 5.91 Å². The molecule has 0 unspecified atom stereocenters. The van der Waals surface area contributed by atoms with Crippen molar-refractivity contribution < 1.29 is 17.9 Å². The molecule has 6 nitrogen and oxygen atoms in total. The van der Waals surface area contributed by atoms with E-state index < -0.39 is 14.6 Å². The molecule has 0 aliphatic carbocycles. The second-order valence-electron chi connectivity index (χ2n) is 4.95. The van der Waals surface area contributed by atoms with Crippen molar-refractivity contribution >= 4 is 15.7 Å². The lowest BCUT2D eigenvalue weighted by molar-refractivity contribution is -0.120. The van der Waals surface area contributed by atoms with Gasteiger partial charge in [-0.05, 0) is 20.8 Å². The van der Waals surface area contributed by atoms with Gasteiger partial charge in [0, 0.05) is 20.2 Å². The van der Waals surface area contributed by atoms with E-state index in [2.05, 4.69) is 10.6 Å². The Labute approximate surface area is 109 Å². The highest BCUT2D eigenvalue weighted by molar-refractivity contribution is 7.92. The molecule has 7 heteroatoms. The van der Waals surface area contributed by atoms with Gasteiger partial charge in [0.15, 0.2) is 9.84 Å². The molecule has 0 fully saturated rings. The SMILES string of the molecule is COCCNC(=O)CNCCS(=O)(=O)C(C)(C)C. The molecule has 0 aromatic heterocycles. The fourth-order valence-corrected chi connectivity index (χ4v) is 2.10. The van der Waals surface area contributed by atoms with Crippen LogP contribution in [0.2, 0.25) is 0 Å². The minimum atomic E-state index is -3.13. The summed E-state index contributed by atoms with van der Waals surface area (Å²) in [5.74, 6) is -0.137. The third-order valence-electron chi connectivity index (χ3n) is 2.39. The molecule has 0 saturated carbocycles. The van der Waals surface area contributed by atoms with Crippen LogP contribution in [-0.4, -0.2) is 58.2 Å². The molecule has 0 aliphatic rings. The molecule has 0 spiro atoms. The molecule has 0 aromatic rings. The summed E-state index contributed by atoms with van der Waals surface area (Å²) in [4.78, 5) is 11.3. The van der Waals surface area contributed by atoms with Crippen LogP contribution in [0.5, 0.6) is 0 Å². The van der Waals surface area contributed by atoms with Gasteiger partial charge < -0.3 is 15.4 Å². The van der Waals surface area contributed by atoms with Crippen molar-refractivity contribution in [3.63, 3.8) is 0 Å². The summed E-state index contributed by atoms with van der Waals surface area (Å²) >= 11 is 0. The first-order valence-corrected chi connectivity index (χ1v) is 7.54. The molecule has 0 bridgehead atoms. The highest BCUT2D eigenvalue weighted by Crippen LogP contribution is 2.14. The zero-order valence-corrected chi connectivity index (χ0v) is 12.4. The van der Waals surface area contributed by atoms with Gasteiger partial charge in [0.25, 0.3) is 0 Å². The summed E-state index contributed by atoms with van der Waals surface area (Å²) < 4.78 is 27.5. The van der Waals surface area contributed by atoms with Gasteiger partial charge in [-0.15, -0.1) is 0 Å². The molecule has 2 N–H and O–H groups in total. The maximum Gasteiger partial charge on any atom is 0.234 e. The quantitative estimate of drug-likeness (QED) is 0.588. The molecule has 0 radical (unpaired) electrons. The summed E-state index contributed by atoms with van der Waals surface area (Å²) in [6.45, 7) is 6.31. The van der Waals surface area contributed by atoms with E-state index in [-0.39, 0.29) is 24.7 Å². The van der Waals surface area contributed by atoms with Crippen LogP contribution in [-0.2, 0) is 19.4 Å². The number of nitrogens with one attached hydrogen (secondary N) is 2. The van der Waals surface area contributed by atoms with Crippen molar-refractivity contribution in [3.8, 4) is 0 Å². The standard InChI is InChI=1S/C11H24N2O4S/c1-11(2,3)18(15,16)8-6-12-9-10(14)13-5-7-17-4/h12H,5-9H2,1-4H3,(H,13,14). The monoisotopic (exact) mass is 280 g/mol. The second-order valence-corrected chi connectivity index (χ2v) is 7.81. The molecule has 1 amide bonds. The molecule has 0 atom stereocenters. The number of carbonyl (C=O) groups excluding carboxylic acids is 1. The van der Waals surface area contributed by atoms with Gasteiger partial charge in [-0.2, -0.15) is 0 Å². The number of methoxy groups -OCH3 is 1. The lowest BCUT2D eigenvalue weighted by Crippen LogP contribution is -2.39. The van der Waals surface area contributed by atoms with Crippen molar-refractivity contribution in [1.82, 2.24) is 10.6 Å². The number of sulfone groups is 1. The summed E-state index contributed by atoms with van der Waals surface area (Å²) in [6, 6.07) is 0. The van der Waals surface area contributed by atoms with Crippen LogP contribution < -0.4 is 10.6 Å². The summed E-state index contributed by atoms with van der Waals surface area (Å²) in [5.41, 5.74) is 0. The Bertz CT molecular complexity index is 347. The van der Waals surface area contributed by atoms with Gasteiger partial charge in [-0.1, -0.05) is 0 Å². The summed E-state index contributed by atoms with van der Waals surface area (Å²) in [6.07, 6.45) is 0. The first-order valence-electron chi connectivity index (χ1n) is 5.89. The molecule has 0 aromatic carbocycles. The fourth-order valence-electron chi connectivity index (χ4n) is 1.07. The lowest BCUT2D eigenvalue weighted by Gasteiger charge is -2.19. The van der Waals surface area contributed by atoms with Gasteiger partial charge in [-0.3, -0.25) is 4.79 Å². The van der Waals surface area contributed by atoms with Crippen LogP contribution in [0.4, 0.5) is 0 Å². The molecule has 0 rings (SSSR count). The minimum Gasteiger partial charge on any atom is -0.383 e. The second kappa shape index (κ2) is 7.70. The predicted octanol–water partition coefficient (Wildman–Crippen LogP) is -0.448. The van der Waals surface area contributed by atoms with Crippen molar-refractivity contribution in [3.05, 3.63) is 0 Å². The van der Waals surface area contributed by atoms with Crippen LogP contribution in [0.25, 0.3) is 0 Å². The Balaban J connectivity index is 3.78. The van der Waals surface area contributed by atoms with Crippen LogP contribution in [0, 0.1) is 0 Å². The summed E-state index contributed by atoms with van der Waals surface area (Å²) in [7, 11) is -1.57. The highest BCUT2D eigenvalue weighted by Gasteiger charge is 2.28. The van der Waals surface area contributed by atoms with E-state index in [9.17, 15) is 13.2 Å². The molecular formula is C11H24N2O4S. The van der Waals surface area contributed by atoms with E-state index in [1.807, 2.05) is 0 Å². The third-order valence-corrected chi connectivity index (χ3v) is 5.00. The lowest BCUT2D eigenvalue weighted by atomic mass is 10.3. The van der Waals surface area contributed by atoms with E-state index >= 15 is 0 Å². The molecule has 0 aliphatic heterocycles. The Hall–Kier alpha value is -0.660. The van der Waals surface area contributed by atoms with Crippen molar-refractivity contribution in [2.75, 3.05) is 39.1 Å². The zero-order chi connectivity index (χ0) is 14.2. The normalized spacial score (nSPS) is 12.4. The first kappa shape index (κ1) is 17.3. The predicted molar refractivity (Wildman–Crippen MR) is 71.3 cm³/mol. The van der Waals surface area contributed by atoms with E-state index in [1.165, 1.54) is 0 Å². The van der Waals surface area contributed by atoms with E-state index in [0.717, 1.165) is 0 Å². The van der Waals surface area contributed by atoms with Crippen LogP contribution in [0.3, 0.4) is 0 Å². The topological polar surface area (TPSA) is 84.5 Å². The number of hydrogen-bond donors (Lipinski definition) is 2. The third kappa shape index (κ3) is 6.93.